The van der Waals surface area contributed by atoms with Gasteiger partial charge in [0.25, 0.3) is 11.1 Å². The molecule has 1 aliphatic rings. The first-order chi connectivity index (χ1) is 16.4. The van der Waals surface area contributed by atoms with E-state index in [9.17, 15) is 14.9 Å². The number of ether oxygens (including phenoxy) is 1. The monoisotopic (exact) mass is 572 g/mol. The number of rotatable bonds is 6. The van der Waals surface area contributed by atoms with Crippen molar-refractivity contribution in [2.45, 2.75) is 13.2 Å². The molecule has 0 atom stereocenters. The molecule has 0 unspecified atom stereocenters. The van der Waals surface area contributed by atoms with E-state index in [1.54, 1.807) is 42.5 Å². The van der Waals surface area contributed by atoms with E-state index in [1.165, 1.54) is 0 Å². The number of benzene rings is 3. The Morgan fingerprint density at radius 2 is 1.74 bits per heavy atom. The van der Waals surface area contributed by atoms with E-state index >= 15 is 0 Å². The lowest BCUT2D eigenvalue weighted by atomic mass is 10.1. The van der Waals surface area contributed by atoms with Crippen LogP contribution in [0.1, 0.15) is 22.3 Å². The molecule has 0 spiro atoms. The first-order valence-electron chi connectivity index (χ1n) is 9.95. The Labute approximate surface area is 219 Å². The number of thioether (sulfide) groups is 1. The van der Waals surface area contributed by atoms with E-state index in [-0.39, 0.29) is 28.1 Å². The molecular weight excluding hydrogens is 559 g/mol. The van der Waals surface area contributed by atoms with Crippen molar-refractivity contribution in [2.75, 3.05) is 0 Å². The molecule has 0 bridgehead atoms. The van der Waals surface area contributed by atoms with Gasteiger partial charge in [-0.3, -0.25) is 14.5 Å². The fraction of sp³-hybridized carbons (Fsp3) is 0.0800. The second-order valence-corrected chi connectivity index (χ2v) is 9.99. The van der Waals surface area contributed by atoms with Crippen molar-refractivity contribution < 1.29 is 14.3 Å². The molecule has 3 aromatic rings. The number of carbonyl (C=O) groups is 2. The van der Waals surface area contributed by atoms with Crippen LogP contribution in [0.15, 0.2) is 70.0 Å². The zero-order valence-corrected chi connectivity index (χ0v) is 21.3. The van der Waals surface area contributed by atoms with Crippen molar-refractivity contribution in [1.29, 1.82) is 5.26 Å². The summed E-state index contributed by atoms with van der Waals surface area (Å²) in [6.45, 7) is 0.311. The molecule has 1 heterocycles. The molecule has 9 heteroatoms. The number of amides is 2. The third-order valence-electron chi connectivity index (χ3n) is 4.95. The van der Waals surface area contributed by atoms with Crippen LogP contribution in [0, 0.1) is 11.3 Å². The summed E-state index contributed by atoms with van der Waals surface area (Å²) in [5.74, 6) is -0.102. The highest BCUT2D eigenvalue weighted by Crippen LogP contribution is 2.38. The maximum atomic E-state index is 12.9. The minimum atomic E-state index is -0.439. The predicted molar refractivity (Wildman–Crippen MR) is 138 cm³/mol. The van der Waals surface area contributed by atoms with Gasteiger partial charge in [-0.05, 0) is 64.9 Å². The van der Waals surface area contributed by atoms with Crippen molar-refractivity contribution in [3.8, 4) is 11.8 Å². The van der Waals surface area contributed by atoms with Crippen LogP contribution in [-0.2, 0) is 17.9 Å². The van der Waals surface area contributed by atoms with Crippen molar-refractivity contribution in [3.05, 3.63) is 102 Å². The molecule has 34 heavy (non-hydrogen) atoms. The van der Waals surface area contributed by atoms with Gasteiger partial charge in [0, 0.05) is 4.47 Å². The highest BCUT2D eigenvalue weighted by Gasteiger charge is 2.35. The van der Waals surface area contributed by atoms with Gasteiger partial charge in [0.05, 0.1) is 33.1 Å². The second kappa shape index (κ2) is 10.7. The number of hydrogen-bond donors (Lipinski definition) is 0. The largest absolute Gasteiger partial charge is 0.486 e. The molecule has 0 aliphatic carbocycles. The minimum Gasteiger partial charge on any atom is -0.486 e. The quantitative estimate of drug-likeness (QED) is 0.286. The number of halogens is 3. The number of carbonyl (C=O) groups excluding carboxylic acids is 2. The van der Waals surface area contributed by atoms with Crippen LogP contribution in [0.4, 0.5) is 4.79 Å². The predicted octanol–water partition coefficient (Wildman–Crippen LogP) is 7.44. The summed E-state index contributed by atoms with van der Waals surface area (Å²) in [5, 5.41) is 9.44. The van der Waals surface area contributed by atoms with Gasteiger partial charge in [-0.2, -0.15) is 5.26 Å². The van der Waals surface area contributed by atoms with Gasteiger partial charge in [-0.25, -0.2) is 0 Å². The van der Waals surface area contributed by atoms with E-state index in [2.05, 4.69) is 22.0 Å². The van der Waals surface area contributed by atoms with Crippen LogP contribution in [-0.4, -0.2) is 16.0 Å². The van der Waals surface area contributed by atoms with E-state index in [4.69, 9.17) is 27.9 Å². The molecule has 1 saturated heterocycles. The smallest absolute Gasteiger partial charge is 0.293 e. The Morgan fingerprint density at radius 3 is 2.41 bits per heavy atom. The molecular formula is C25H15BrCl2N2O3S. The summed E-state index contributed by atoms with van der Waals surface area (Å²) < 4.78 is 6.77. The highest BCUT2D eigenvalue weighted by atomic mass is 79.9. The number of imide groups is 1. The zero-order valence-electron chi connectivity index (χ0n) is 17.4. The first-order valence-corrected chi connectivity index (χ1v) is 12.3. The first kappa shape index (κ1) is 24.4. The maximum Gasteiger partial charge on any atom is 0.293 e. The average molecular weight is 574 g/mol. The maximum absolute atomic E-state index is 12.9. The van der Waals surface area contributed by atoms with E-state index in [0.717, 1.165) is 26.7 Å². The fourth-order valence-corrected chi connectivity index (χ4v) is 4.98. The van der Waals surface area contributed by atoms with E-state index in [1.807, 2.05) is 24.3 Å². The van der Waals surface area contributed by atoms with Crippen LogP contribution in [0.25, 0.3) is 6.08 Å². The Hall–Kier alpha value is -2.76. The van der Waals surface area contributed by atoms with Crippen molar-refractivity contribution in [2.24, 2.45) is 0 Å². The normalized spacial score (nSPS) is 14.5. The molecule has 0 aromatic heterocycles. The molecule has 1 aliphatic heterocycles. The summed E-state index contributed by atoms with van der Waals surface area (Å²) >= 11 is 17.0. The molecule has 5 nitrogen and oxygen atoms in total. The fourth-order valence-electron chi connectivity index (χ4n) is 3.26. The molecule has 3 aromatic carbocycles. The molecule has 2 amide bonds. The Bertz CT molecular complexity index is 1330. The Kier molecular flexibility index (Phi) is 7.64. The number of hydrogen-bond acceptors (Lipinski definition) is 5. The van der Waals surface area contributed by atoms with Crippen molar-refractivity contribution in [1.82, 2.24) is 4.90 Å². The van der Waals surface area contributed by atoms with Crippen LogP contribution in [0.2, 0.25) is 10.0 Å². The number of nitriles is 1. The third kappa shape index (κ3) is 5.48. The lowest BCUT2D eigenvalue weighted by Crippen LogP contribution is -2.27. The van der Waals surface area contributed by atoms with E-state index < -0.39 is 11.1 Å². The SMILES string of the molecule is N#Cc1ccccc1CN1C(=O)S/C(=C/c2cc(Cl)c(OCc3ccc(Br)cc3)c(Cl)c2)C1=O. The van der Waals surface area contributed by atoms with E-state index in [0.29, 0.717) is 22.4 Å². The Balaban J connectivity index is 1.51. The lowest BCUT2D eigenvalue weighted by molar-refractivity contribution is -0.123. The average Bonchev–Trinajstić information content (AvgIpc) is 3.07. The van der Waals surface area contributed by atoms with Crippen LogP contribution in [0.3, 0.4) is 0 Å². The lowest BCUT2D eigenvalue weighted by Gasteiger charge is -2.13. The summed E-state index contributed by atoms with van der Waals surface area (Å²) in [6.07, 6.45) is 1.57. The molecule has 0 saturated carbocycles. The van der Waals surface area contributed by atoms with Crippen molar-refractivity contribution >= 4 is 68.1 Å². The van der Waals surface area contributed by atoms with Gasteiger partial charge >= 0.3 is 0 Å². The Morgan fingerprint density at radius 1 is 1.06 bits per heavy atom. The minimum absolute atomic E-state index is 0.0239. The molecule has 0 N–H and O–H groups in total. The van der Waals surface area contributed by atoms with Crippen LogP contribution in [0.5, 0.6) is 5.75 Å². The van der Waals surface area contributed by atoms with Crippen LogP contribution >= 0.6 is 50.9 Å². The molecule has 170 valence electrons. The van der Waals surface area contributed by atoms with Gasteiger partial charge < -0.3 is 4.74 Å². The van der Waals surface area contributed by atoms with Gasteiger partial charge in [-0.1, -0.05) is 69.5 Å². The summed E-state index contributed by atoms with van der Waals surface area (Å²) in [4.78, 5) is 26.7. The van der Waals surface area contributed by atoms with Gasteiger partial charge in [0.1, 0.15) is 6.61 Å². The van der Waals surface area contributed by atoms with Gasteiger partial charge in [0.15, 0.2) is 5.75 Å². The second-order valence-electron chi connectivity index (χ2n) is 7.27. The van der Waals surface area contributed by atoms with Gasteiger partial charge in [0.2, 0.25) is 0 Å². The highest BCUT2D eigenvalue weighted by molar-refractivity contribution is 9.10. The van der Waals surface area contributed by atoms with Gasteiger partial charge in [-0.15, -0.1) is 0 Å². The number of nitrogens with zero attached hydrogens (tertiary/aromatic N) is 2. The molecule has 1 fully saturated rings. The standard InChI is InChI=1S/C25H15BrCl2N2O3S/c26-19-7-5-15(6-8-19)14-33-23-20(27)9-16(10-21(23)28)11-22-24(31)30(25(32)34-22)13-18-4-2-1-3-17(18)12-29/h1-11H,13-14H2/b22-11+. The summed E-state index contributed by atoms with van der Waals surface area (Å²) in [7, 11) is 0. The third-order valence-corrected chi connectivity index (χ3v) is 6.95. The summed E-state index contributed by atoms with van der Waals surface area (Å²) in [6, 6.07) is 19.9. The molecule has 4 rings (SSSR count). The van der Waals surface area contributed by atoms with Crippen LogP contribution < -0.4 is 4.74 Å². The summed E-state index contributed by atoms with van der Waals surface area (Å²) in [5.41, 5.74) is 2.54. The van der Waals surface area contributed by atoms with Crippen molar-refractivity contribution in [3.63, 3.8) is 0 Å². The zero-order chi connectivity index (χ0) is 24.2. The topological polar surface area (TPSA) is 70.4 Å². The molecule has 0 radical (unpaired) electrons.